The molecule has 3 heterocycles. The zero-order chi connectivity index (χ0) is 22.5. The van der Waals surface area contributed by atoms with Crippen molar-refractivity contribution in [3.63, 3.8) is 0 Å². The van der Waals surface area contributed by atoms with E-state index in [4.69, 9.17) is 16.3 Å². The van der Waals surface area contributed by atoms with Gasteiger partial charge in [0.15, 0.2) is 0 Å². The average Bonchev–Trinajstić information content (AvgIpc) is 3.46. The van der Waals surface area contributed by atoms with E-state index in [0.717, 1.165) is 16.8 Å². The van der Waals surface area contributed by atoms with Crippen LogP contribution in [0.4, 0.5) is 14.5 Å². The Labute approximate surface area is 185 Å². The molecule has 0 bridgehead atoms. The van der Waals surface area contributed by atoms with Crippen LogP contribution in [0.2, 0.25) is 0 Å². The van der Waals surface area contributed by atoms with Crippen molar-refractivity contribution in [2.75, 3.05) is 11.9 Å². The normalized spacial score (nSPS) is 15.4. The maximum atomic E-state index is 13.0. The minimum Gasteiger partial charge on any atom is -0.462 e. The van der Waals surface area contributed by atoms with Crippen LogP contribution < -0.4 is 14.8 Å². The first-order valence-corrected chi connectivity index (χ1v) is 10.0. The van der Waals surface area contributed by atoms with E-state index in [-0.39, 0.29) is 11.8 Å². The molecule has 1 aliphatic heterocycles. The molecule has 11 heteroatoms. The molecule has 1 aliphatic rings. The molecule has 32 heavy (non-hydrogen) atoms. The van der Waals surface area contributed by atoms with E-state index < -0.39 is 11.5 Å². The number of anilines is 1. The second-order valence-electron chi connectivity index (χ2n) is 7.31. The van der Waals surface area contributed by atoms with E-state index >= 15 is 0 Å². The number of carbonyl (C=O) groups excluding carboxylic acids is 1. The number of alkyl halides is 3. The number of carbonyl (C=O) groups is 1. The molecular formula is C21H16ClF2N5O3. The largest absolute Gasteiger partial charge is 0.487 e. The summed E-state index contributed by atoms with van der Waals surface area (Å²) in [5.74, 6) is -0.529. The van der Waals surface area contributed by atoms with Crippen LogP contribution >= 0.6 is 11.6 Å². The number of aromatic amines is 1. The Bertz CT molecular complexity index is 1300. The summed E-state index contributed by atoms with van der Waals surface area (Å²) in [6.07, 6.45) is 1.63. The fourth-order valence-electron chi connectivity index (χ4n) is 3.68. The third-order valence-corrected chi connectivity index (χ3v) is 5.12. The molecule has 2 aromatic heterocycles. The Balaban J connectivity index is 1.49. The first-order valence-electron chi connectivity index (χ1n) is 9.64. The van der Waals surface area contributed by atoms with Gasteiger partial charge >= 0.3 is 5.57 Å². The van der Waals surface area contributed by atoms with Gasteiger partial charge in [-0.05, 0) is 49.4 Å². The summed E-state index contributed by atoms with van der Waals surface area (Å²) >= 11 is 4.76. The van der Waals surface area contributed by atoms with Crippen molar-refractivity contribution in [3.8, 4) is 23.0 Å². The van der Waals surface area contributed by atoms with Gasteiger partial charge in [-0.2, -0.15) is 10.1 Å². The number of fused-ring (bicyclic) bond motifs is 3. The van der Waals surface area contributed by atoms with Crippen molar-refractivity contribution >= 4 is 34.2 Å². The number of hydrogen-bond acceptors (Lipinski definition) is 5. The highest BCUT2D eigenvalue weighted by Gasteiger charge is 2.28. The molecule has 8 nitrogen and oxygen atoms in total. The van der Waals surface area contributed by atoms with Crippen molar-refractivity contribution in [1.29, 1.82) is 0 Å². The van der Waals surface area contributed by atoms with E-state index in [2.05, 4.69) is 25.2 Å². The third kappa shape index (κ3) is 3.73. The Morgan fingerprint density at radius 2 is 2.09 bits per heavy atom. The summed E-state index contributed by atoms with van der Waals surface area (Å²) in [5.41, 5.74) is -0.114. The molecule has 1 amide bonds. The van der Waals surface area contributed by atoms with Gasteiger partial charge in [0.1, 0.15) is 12.4 Å². The molecule has 0 aliphatic carbocycles. The van der Waals surface area contributed by atoms with Gasteiger partial charge in [0.05, 0.1) is 22.8 Å². The number of halogens is 3. The van der Waals surface area contributed by atoms with Crippen LogP contribution in [0.1, 0.15) is 23.3 Å². The summed E-state index contributed by atoms with van der Waals surface area (Å²) in [4.78, 5) is 17.5. The minimum absolute atomic E-state index is 0.0949. The average molecular weight is 460 g/mol. The predicted octanol–water partition coefficient (Wildman–Crippen LogP) is 4.80. The summed E-state index contributed by atoms with van der Waals surface area (Å²) < 4.78 is 37.4. The monoisotopic (exact) mass is 459 g/mol. The highest BCUT2D eigenvalue weighted by atomic mass is 35.5. The second-order valence-corrected chi connectivity index (χ2v) is 7.75. The highest BCUT2D eigenvalue weighted by Crippen LogP contribution is 2.37. The van der Waals surface area contributed by atoms with E-state index in [1.54, 1.807) is 18.3 Å². The van der Waals surface area contributed by atoms with Crippen LogP contribution in [0.25, 0.3) is 22.3 Å². The molecule has 0 saturated heterocycles. The standard InChI is InChI=1S/C21H16ClF2N5O3/c1-11-10-31-20-27-17-9-12(8-15(18(17)29(11)20)16-6-7-25-28-16)19(30)26-13-2-4-14(5-3-13)32-21(22,23)24/h2-9,11H,10H2,1H3,(H,25,28)(H,26,30). The lowest BCUT2D eigenvalue weighted by molar-refractivity contribution is -0.0964. The number of nitrogens with zero attached hydrogens (tertiary/aromatic N) is 3. The molecule has 2 N–H and O–H groups in total. The van der Waals surface area contributed by atoms with E-state index in [1.807, 2.05) is 17.6 Å². The fourth-order valence-corrected chi connectivity index (χ4v) is 3.77. The Kier molecular flexibility index (Phi) is 4.74. The molecule has 0 saturated carbocycles. The maximum absolute atomic E-state index is 13.0. The number of amides is 1. The van der Waals surface area contributed by atoms with Crippen LogP contribution in [0, 0.1) is 0 Å². The number of H-pyrrole nitrogens is 1. The molecule has 5 rings (SSSR count). The summed E-state index contributed by atoms with van der Waals surface area (Å²) in [5, 5.41) is 9.69. The van der Waals surface area contributed by atoms with Gasteiger partial charge in [-0.3, -0.25) is 14.5 Å². The van der Waals surface area contributed by atoms with E-state index in [1.165, 1.54) is 24.3 Å². The number of ether oxygens (including phenoxy) is 2. The topological polar surface area (TPSA) is 94.1 Å². The van der Waals surface area contributed by atoms with Gasteiger partial charge < -0.3 is 14.8 Å². The number of benzene rings is 2. The van der Waals surface area contributed by atoms with Crippen LogP contribution in [0.3, 0.4) is 0 Å². The van der Waals surface area contributed by atoms with Crippen LogP contribution in [-0.2, 0) is 0 Å². The van der Waals surface area contributed by atoms with Crippen molar-refractivity contribution in [1.82, 2.24) is 19.7 Å². The van der Waals surface area contributed by atoms with Crippen molar-refractivity contribution in [2.45, 2.75) is 18.5 Å². The van der Waals surface area contributed by atoms with Crippen LogP contribution in [0.15, 0.2) is 48.7 Å². The van der Waals surface area contributed by atoms with Crippen LogP contribution in [0.5, 0.6) is 11.8 Å². The Hall–Kier alpha value is -3.66. The van der Waals surface area contributed by atoms with Crippen LogP contribution in [-0.4, -0.2) is 37.8 Å². The van der Waals surface area contributed by atoms with Crippen molar-refractivity contribution in [2.24, 2.45) is 0 Å². The molecule has 0 fully saturated rings. The number of nitrogens with one attached hydrogen (secondary N) is 2. The molecule has 4 aromatic rings. The number of hydrogen-bond donors (Lipinski definition) is 2. The summed E-state index contributed by atoms with van der Waals surface area (Å²) in [7, 11) is 0. The SMILES string of the molecule is CC1COc2nc3cc(C(=O)Nc4ccc(OC(F)(F)Cl)cc4)cc(-c4ccn[nH]4)c3n21. The molecular weight excluding hydrogens is 444 g/mol. The smallest absolute Gasteiger partial charge is 0.462 e. The lowest BCUT2D eigenvalue weighted by Crippen LogP contribution is -2.16. The Morgan fingerprint density at radius 1 is 1.31 bits per heavy atom. The minimum atomic E-state index is -3.81. The molecule has 1 unspecified atom stereocenters. The van der Waals surface area contributed by atoms with Crippen molar-refractivity contribution in [3.05, 3.63) is 54.2 Å². The lowest BCUT2D eigenvalue weighted by Gasteiger charge is -2.12. The summed E-state index contributed by atoms with van der Waals surface area (Å²) in [6.45, 7) is 2.56. The first kappa shape index (κ1) is 20.3. The molecule has 164 valence electrons. The van der Waals surface area contributed by atoms with Gasteiger partial charge in [0.2, 0.25) is 0 Å². The quantitative estimate of drug-likeness (QED) is 0.418. The molecule has 1 atom stereocenters. The molecule has 2 aromatic carbocycles. The van der Waals surface area contributed by atoms with E-state index in [9.17, 15) is 13.6 Å². The lowest BCUT2D eigenvalue weighted by atomic mass is 10.0. The van der Waals surface area contributed by atoms with Gasteiger partial charge in [0, 0.05) is 34.6 Å². The van der Waals surface area contributed by atoms with Crippen molar-refractivity contribution < 1.29 is 23.0 Å². The maximum Gasteiger partial charge on any atom is 0.487 e. The highest BCUT2D eigenvalue weighted by molar-refractivity contribution is 6.20. The van der Waals surface area contributed by atoms with E-state index in [0.29, 0.717) is 29.4 Å². The number of rotatable bonds is 5. The molecule has 0 radical (unpaired) electrons. The van der Waals surface area contributed by atoms with Gasteiger partial charge in [-0.25, -0.2) is 0 Å². The third-order valence-electron chi connectivity index (χ3n) is 5.05. The Morgan fingerprint density at radius 3 is 2.78 bits per heavy atom. The predicted molar refractivity (Wildman–Crippen MR) is 113 cm³/mol. The zero-order valence-corrected chi connectivity index (χ0v) is 17.4. The zero-order valence-electron chi connectivity index (χ0n) is 16.6. The molecule has 0 spiro atoms. The van der Waals surface area contributed by atoms with Gasteiger partial charge in [0.25, 0.3) is 11.9 Å². The summed E-state index contributed by atoms with van der Waals surface area (Å²) in [6, 6.07) is 11.3. The van der Waals surface area contributed by atoms with Gasteiger partial charge in [-0.1, -0.05) is 0 Å². The van der Waals surface area contributed by atoms with Gasteiger partial charge in [-0.15, -0.1) is 8.78 Å². The second kappa shape index (κ2) is 7.49. The number of imidazole rings is 1. The fraction of sp³-hybridized carbons (Fsp3) is 0.190. The first-order chi connectivity index (χ1) is 15.3. The number of aromatic nitrogens is 4.